The van der Waals surface area contributed by atoms with Crippen LogP contribution >= 0.6 is 35.0 Å². The number of rotatable bonds is 3. The lowest BCUT2D eigenvalue weighted by Crippen LogP contribution is -2.15. The van der Waals surface area contributed by atoms with Crippen LogP contribution in [0.5, 0.6) is 0 Å². The fourth-order valence-corrected chi connectivity index (χ4v) is 5.57. The summed E-state index contributed by atoms with van der Waals surface area (Å²) in [5.74, 6) is 0. The molecule has 0 radical (unpaired) electrons. The van der Waals surface area contributed by atoms with Gasteiger partial charge in [0.15, 0.2) is 5.17 Å². The molecule has 0 aliphatic carbocycles. The molecule has 0 fully saturated rings. The third kappa shape index (κ3) is 4.71. The van der Waals surface area contributed by atoms with Gasteiger partial charge in [0, 0.05) is 6.42 Å². The van der Waals surface area contributed by atoms with Gasteiger partial charge in [-0.15, -0.1) is 4.40 Å². The zero-order chi connectivity index (χ0) is 19.8. The number of hydrogen-bond acceptors (Lipinski definition) is 4. The molecule has 1 aliphatic rings. The lowest BCUT2D eigenvalue weighted by Gasteiger charge is -2.12. The minimum Gasteiger partial charge on any atom is -0.333 e. The van der Waals surface area contributed by atoms with Crippen molar-refractivity contribution in [2.24, 2.45) is 4.40 Å². The largest absolute Gasteiger partial charge is 0.416 e. The lowest BCUT2D eigenvalue weighted by atomic mass is 10.1. The minimum absolute atomic E-state index is 0.0798. The normalized spacial score (nSPS) is 19.0. The molecule has 2 aromatic rings. The van der Waals surface area contributed by atoms with Crippen molar-refractivity contribution in [3.63, 3.8) is 0 Å². The molecule has 4 nitrogen and oxygen atoms in total. The second kappa shape index (κ2) is 7.54. The van der Waals surface area contributed by atoms with Crippen LogP contribution in [0.3, 0.4) is 0 Å². The Morgan fingerprint density at radius 2 is 1.85 bits per heavy atom. The highest BCUT2D eigenvalue weighted by Gasteiger charge is 2.36. The Balaban J connectivity index is 1.77. The number of anilines is 1. The van der Waals surface area contributed by atoms with Gasteiger partial charge in [-0.3, -0.25) is 0 Å². The summed E-state index contributed by atoms with van der Waals surface area (Å²) in [5, 5.41) is 3.37. The molecule has 1 atom stereocenters. The van der Waals surface area contributed by atoms with Crippen LogP contribution in [-0.4, -0.2) is 18.2 Å². The molecule has 0 saturated carbocycles. The van der Waals surface area contributed by atoms with Gasteiger partial charge < -0.3 is 5.32 Å². The number of nitrogens with zero attached hydrogens (tertiary/aromatic N) is 1. The van der Waals surface area contributed by atoms with E-state index < -0.39 is 26.3 Å². The number of amidine groups is 1. The van der Waals surface area contributed by atoms with Gasteiger partial charge in [0.2, 0.25) is 0 Å². The van der Waals surface area contributed by atoms with Crippen molar-refractivity contribution in [1.29, 1.82) is 0 Å². The maximum atomic E-state index is 12.8. The van der Waals surface area contributed by atoms with Crippen LogP contribution in [0.15, 0.2) is 46.9 Å². The van der Waals surface area contributed by atoms with Crippen molar-refractivity contribution in [2.75, 3.05) is 5.32 Å². The smallest absolute Gasteiger partial charge is 0.333 e. The van der Waals surface area contributed by atoms with E-state index in [9.17, 15) is 21.6 Å². The Hall–Kier alpha value is -1.42. The number of halogens is 5. The maximum Gasteiger partial charge on any atom is 0.416 e. The fourth-order valence-electron chi connectivity index (χ4n) is 2.36. The van der Waals surface area contributed by atoms with Crippen LogP contribution in [0.1, 0.15) is 11.1 Å². The van der Waals surface area contributed by atoms with E-state index in [0.29, 0.717) is 5.69 Å². The summed E-state index contributed by atoms with van der Waals surface area (Å²) in [4.78, 5) is 0. The number of thioether (sulfide) groups is 1. The van der Waals surface area contributed by atoms with Crippen LogP contribution in [-0.2, 0) is 22.6 Å². The Bertz CT molecular complexity index is 1010. The van der Waals surface area contributed by atoms with Gasteiger partial charge >= 0.3 is 6.18 Å². The fraction of sp³-hybridized carbons (Fsp3) is 0.188. The standard InChI is InChI=1S/C16H11Cl2F3N2O2S2/c17-11-5-2-6-12(14(11)18)22-15-23-27(24,25)13(26-15)8-9-3-1-4-10(7-9)16(19,20)21/h1-7,13H,8H2,(H,22,23)/t13-/m0/s1. The average Bonchev–Trinajstić information content (AvgIpc) is 2.85. The summed E-state index contributed by atoms with van der Waals surface area (Å²) in [6, 6.07) is 9.38. The first-order valence-electron chi connectivity index (χ1n) is 7.44. The first kappa shape index (κ1) is 20.3. The Labute approximate surface area is 167 Å². The second-order valence-electron chi connectivity index (χ2n) is 5.59. The Kier molecular flexibility index (Phi) is 5.67. The van der Waals surface area contributed by atoms with Crippen LogP contribution < -0.4 is 5.32 Å². The summed E-state index contributed by atoms with van der Waals surface area (Å²) >= 11 is 12.9. The maximum absolute atomic E-state index is 12.8. The molecule has 0 saturated heterocycles. The monoisotopic (exact) mass is 454 g/mol. The Morgan fingerprint density at radius 1 is 1.15 bits per heavy atom. The number of sulfonamides is 1. The van der Waals surface area contributed by atoms with Crippen LogP contribution in [0.2, 0.25) is 10.0 Å². The molecular weight excluding hydrogens is 444 g/mol. The molecule has 0 spiro atoms. The summed E-state index contributed by atoms with van der Waals surface area (Å²) in [5.41, 5.74) is -0.196. The van der Waals surface area contributed by atoms with E-state index in [-0.39, 0.29) is 27.2 Å². The zero-order valence-corrected chi connectivity index (χ0v) is 16.4. The van der Waals surface area contributed by atoms with Gasteiger partial charge in [-0.05, 0) is 23.8 Å². The van der Waals surface area contributed by atoms with E-state index in [4.69, 9.17) is 23.2 Å². The summed E-state index contributed by atoms with van der Waals surface area (Å²) in [6.45, 7) is 0. The first-order chi connectivity index (χ1) is 12.6. The van der Waals surface area contributed by atoms with E-state index in [2.05, 4.69) is 9.71 Å². The van der Waals surface area contributed by atoms with E-state index in [1.165, 1.54) is 12.1 Å². The highest BCUT2D eigenvalue weighted by molar-refractivity contribution is 8.25. The summed E-state index contributed by atoms with van der Waals surface area (Å²) < 4.78 is 65.6. The molecule has 1 heterocycles. The third-order valence-electron chi connectivity index (χ3n) is 3.64. The van der Waals surface area contributed by atoms with Gasteiger partial charge in [-0.1, -0.05) is 59.2 Å². The highest BCUT2D eigenvalue weighted by Crippen LogP contribution is 2.36. The van der Waals surface area contributed by atoms with Gasteiger partial charge in [0.1, 0.15) is 4.58 Å². The minimum atomic E-state index is -4.50. The molecule has 3 rings (SSSR count). The quantitative estimate of drug-likeness (QED) is 0.671. The molecule has 27 heavy (non-hydrogen) atoms. The van der Waals surface area contributed by atoms with Crippen LogP contribution in [0, 0.1) is 0 Å². The van der Waals surface area contributed by atoms with Gasteiger partial charge in [-0.25, -0.2) is 8.42 Å². The third-order valence-corrected chi connectivity index (χ3v) is 7.70. The average molecular weight is 455 g/mol. The van der Waals surface area contributed by atoms with Crippen molar-refractivity contribution < 1.29 is 21.6 Å². The molecule has 0 aromatic heterocycles. The zero-order valence-electron chi connectivity index (χ0n) is 13.3. The summed E-state index contributed by atoms with van der Waals surface area (Å²) in [6.07, 6.45) is -4.61. The topological polar surface area (TPSA) is 58.5 Å². The molecule has 0 amide bonds. The van der Waals surface area contributed by atoms with Crippen molar-refractivity contribution in [2.45, 2.75) is 17.2 Å². The van der Waals surface area contributed by atoms with E-state index in [0.717, 1.165) is 23.9 Å². The SMILES string of the molecule is O=S1(=O)N=C(Nc2cccc(Cl)c2Cl)S[C@@H]1Cc1cccc(C(F)(F)F)c1. The van der Waals surface area contributed by atoms with Gasteiger partial charge in [-0.2, -0.15) is 13.2 Å². The van der Waals surface area contributed by atoms with Crippen molar-refractivity contribution in [3.8, 4) is 0 Å². The molecule has 0 unspecified atom stereocenters. The molecular formula is C16H11Cl2F3N2O2S2. The van der Waals surface area contributed by atoms with E-state index in [1.54, 1.807) is 18.2 Å². The van der Waals surface area contributed by atoms with E-state index >= 15 is 0 Å². The van der Waals surface area contributed by atoms with Crippen molar-refractivity contribution in [3.05, 3.63) is 63.6 Å². The number of alkyl halides is 3. The highest BCUT2D eigenvalue weighted by atomic mass is 35.5. The molecule has 144 valence electrons. The molecule has 0 bridgehead atoms. The van der Waals surface area contributed by atoms with E-state index in [1.807, 2.05) is 0 Å². The molecule has 1 aliphatic heterocycles. The Morgan fingerprint density at radius 3 is 2.56 bits per heavy atom. The lowest BCUT2D eigenvalue weighted by molar-refractivity contribution is -0.137. The first-order valence-corrected chi connectivity index (χ1v) is 10.6. The van der Waals surface area contributed by atoms with Crippen molar-refractivity contribution in [1.82, 2.24) is 0 Å². The molecule has 1 N–H and O–H groups in total. The predicted molar refractivity (Wildman–Crippen MR) is 103 cm³/mol. The van der Waals surface area contributed by atoms with Crippen molar-refractivity contribution >= 4 is 55.8 Å². The molecule has 2 aromatic carbocycles. The number of hydrogen-bond donors (Lipinski definition) is 1. The predicted octanol–water partition coefficient (Wildman–Crippen LogP) is 5.43. The van der Waals surface area contributed by atoms with Gasteiger partial charge in [0.05, 0.1) is 21.3 Å². The second-order valence-corrected chi connectivity index (χ2v) is 9.64. The van der Waals surface area contributed by atoms with Crippen LogP contribution in [0.4, 0.5) is 18.9 Å². The molecule has 11 heteroatoms. The summed E-state index contributed by atoms with van der Waals surface area (Å²) in [7, 11) is -3.89. The number of nitrogens with one attached hydrogen (secondary N) is 1. The van der Waals surface area contributed by atoms with Crippen LogP contribution in [0.25, 0.3) is 0 Å². The number of benzene rings is 2. The van der Waals surface area contributed by atoms with Gasteiger partial charge in [0.25, 0.3) is 10.0 Å².